The van der Waals surface area contributed by atoms with E-state index in [1.54, 1.807) is 0 Å². The zero-order chi connectivity index (χ0) is 14.9. The highest BCUT2D eigenvalue weighted by atomic mass is 14.3. The molecule has 0 fully saturated rings. The number of hydrogen-bond acceptors (Lipinski definition) is 0. The fraction of sp³-hybridized carbons (Fsp3) is 0.429. The highest BCUT2D eigenvalue weighted by Crippen LogP contribution is 2.34. The third-order valence-corrected chi connectivity index (χ3v) is 4.53. The van der Waals surface area contributed by atoms with E-state index < -0.39 is 0 Å². The van der Waals surface area contributed by atoms with Gasteiger partial charge in [-0.05, 0) is 35.8 Å². The second-order valence-corrected chi connectivity index (χ2v) is 6.02. The molecule has 0 saturated heterocycles. The number of unbranched alkanes of at least 4 members (excludes halogenated alkanes) is 1. The topological polar surface area (TPSA) is 0 Å². The Bertz CT molecular complexity index is 486. The van der Waals surface area contributed by atoms with Gasteiger partial charge in [-0.1, -0.05) is 93.8 Å². The molecule has 0 aromatic heterocycles. The monoisotopic (exact) mass is 280 g/mol. The number of benzene rings is 2. The van der Waals surface area contributed by atoms with Gasteiger partial charge >= 0.3 is 0 Å². The summed E-state index contributed by atoms with van der Waals surface area (Å²) in [5, 5.41) is 0. The Labute approximate surface area is 130 Å². The van der Waals surface area contributed by atoms with Crippen LogP contribution in [0.2, 0.25) is 0 Å². The van der Waals surface area contributed by atoms with Crippen LogP contribution in [0.5, 0.6) is 0 Å². The molecule has 2 unspecified atom stereocenters. The number of rotatable bonds is 8. The van der Waals surface area contributed by atoms with Gasteiger partial charge in [0.05, 0.1) is 0 Å². The maximum absolute atomic E-state index is 2.34. The molecule has 0 heterocycles. The van der Waals surface area contributed by atoms with Crippen LogP contribution in [0.3, 0.4) is 0 Å². The standard InChI is InChI=1S/C21H28/c1-3-5-16-21(20-14-10-7-11-15-20)19(4-2)17-18-12-8-6-9-13-18/h6-15,19,21H,3-5,16-17H2,1-2H3. The molecule has 0 saturated carbocycles. The van der Waals surface area contributed by atoms with Crippen LogP contribution in [0.4, 0.5) is 0 Å². The second-order valence-electron chi connectivity index (χ2n) is 6.02. The highest BCUT2D eigenvalue weighted by Gasteiger charge is 2.21. The summed E-state index contributed by atoms with van der Waals surface area (Å²) in [7, 11) is 0. The lowest BCUT2D eigenvalue weighted by molar-refractivity contribution is 0.379. The van der Waals surface area contributed by atoms with Crippen molar-refractivity contribution in [2.24, 2.45) is 5.92 Å². The summed E-state index contributed by atoms with van der Waals surface area (Å²) in [6.07, 6.45) is 6.36. The van der Waals surface area contributed by atoms with Crippen molar-refractivity contribution in [3.63, 3.8) is 0 Å². The molecule has 0 bridgehead atoms. The van der Waals surface area contributed by atoms with Crippen molar-refractivity contribution in [2.75, 3.05) is 0 Å². The summed E-state index contributed by atoms with van der Waals surface area (Å²) in [5.74, 6) is 1.43. The minimum absolute atomic E-state index is 0.691. The van der Waals surface area contributed by atoms with Crippen molar-refractivity contribution in [1.29, 1.82) is 0 Å². The van der Waals surface area contributed by atoms with Gasteiger partial charge in [0.2, 0.25) is 0 Å². The van der Waals surface area contributed by atoms with Crippen LogP contribution in [-0.2, 0) is 6.42 Å². The molecule has 2 aromatic rings. The maximum atomic E-state index is 2.34. The Morgan fingerprint density at radius 2 is 1.43 bits per heavy atom. The first-order valence-corrected chi connectivity index (χ1v) is 8.44. The SMILES string of the molecule is CCCCC(c1ccccc1)C(CC)Cc1ccccc1. The molecule has 112 valence electrons. The fourth-order valence-corrected chi connectivity index (χ4v) is 3.29. The molecule has 0 aliphatic rings. The Morgan fingerprint density at radius 1 is 0.810 bits per heavy atom. The van der Waals surface area contributed by atoms with Gasteiger partial charge in [0, 0.05) is 0 Å². The molecule has 0 spiro atoms. The molecule has 2 atom stereocenters. The summed E-state index contributed by atoms with van der Waals surface area (Å²) in [5.41, 5.74) is 3.00. The predicted molar refractivity (Wildman–Crippen MR) is 92.6 cm³/mol. The minimum Gasteiger partial charge on any atom is -0.0654 e. The van der Waals surface area contributed by atoms with Crippen LogP contribution < -0.4 is 0 Å². The highest BCUT2D eigenvalue weighted by molar-refractivity contribution is 5.22. The molecular formula is C21H28. The second kappa shape index (κ2) is 8.67. The van der Waals surface area contributed by atoms with Crippen LogP contribution >= 0.6 is 0 Å². The van der Waals surface area contributed by atoms with E-state index in [2.05, 4.69) is 74.5 Å². The van der Waals surface area contributed by atoms with Crippen LogP contribution in [0, 0.1) is 5.92 Å². The van der Waals surface area contributed by atoms with E-state index in [0.717, 1.165) is 5.92 Å². The molecule has 21 heavy (non-hydrogen) atoms. The van der Waals surface area contributed by atoms with Gasteiger partial charge in [0.1, 0.15) is 0 Å². The Morgan fingerprint density at radius 3 is 2.00 bits per heavy atom. The Balaban J connectivity index is 2.16. The van der Waals surface area contributed by atoms with Gasteiger partial charge in [-0.3, -0.25) is 0 Å². The van der Waals surface area contributed by atoms with Crippen molar-refractivity contribution in [3.05, 3.63) is 71.8 Å². The minimum atomic E-state index is 0.691. The molecule has 0 aliphatic heterocycles. The summed E-state index contributed by atoms with van der Waals surface area (Å²) in [4.78, 5) is 0. The largest absolute Gasteiger partial charge is 0.0654 e. The zero-order valence-electron chi connectivity index (χ0n) is 13.5. The van der Waals surface area contributed by atoms with Crippen LogP contribution in [0.25, 0.3) is 0 Å². The molecule has 2 rings (SSSR count). The third kappa shape index (κ3) is 4.74. The molecule has 0 aliphatic carbocycles. The van der Waals surface area contributed by atoms with Crippen molar-refractivity contribution in [3.8, 4) is 0 Å². The number of hydrogen-bond donors (Lipinski definition) is 0. The van der Waals surface area contributed by atoms with Crippen LogP contribution in [0.1, 0.15) is 56.6 Å². The van der Waals surface area contributed by atoms with Crippen LogP contribution in [0.15, 0.2) is 60.7 Å². The van der Waals surface area contributed by atoms with Crippen molar-refractivity contribution in [2.45, 2.75) is 51.9 Å². The Kier molecular flexibility index (Phi) is 6.53. The molecule has 0 heteroatoms. The summed E-state index contributed by atoms with van der Waals surface area (Å²) >= 11 is 0. The maximum Gasteiger partial charge on any atom is -0.0131 e. The van der Waals surface area contributed by atoms with E-state index in [9.17, 15) is 0 Å². The van der Waals surface area contributed by atoms with Gasteiger partial charge in [-0.2, -0.15) is 0 Å². The third-order valence-electron chi connectivity index (χ3n) is 4.53. The summed E-state index contributed by atoms with van der Waals surface area (Å²) < 4.78 is 0. The lowest BCUT2D eigenvalue weighted by Gasteiger charge is -2.27. The first-order chi connectivity index (χ1) is 10.3. The lowest BCUT2D eigenvalue weighted by atomic mass is 9.78. The average molecular weight is 280 g/mol. The van der Waals surface area contributed by atoms with Crippen molar-refractivity contribution >= 4 is 0 Å². The quantitative estimate of drug-likeness (QED) is 0.537. The molecule has 0 N–H and O–H groups in total. The smallest absolute Gasteiger partial charge is 0.0131 e. The van der Waals surface area contributed by atoms with E-state index in [0.29, 0.717) is 5.92 Å². The Hall–Kier alpha value is -1.56. The van der Waals surface area contributed by atoms with E-state index in [1.807, 2.05) is 0 Å². The molecule has 0 nitrogen and oxygen atoms in total. The van der Waals surface area contributed by atoms with E-state index in [1.165, 1.54) is 43.2 Å². The molecule has 2 aromatic carbocycles. The normalized spacial score (nSPS) is 13.8. The summed E-state index contributed by atoms with van der Waals surface area (Å²) in [6.45, 7) is 4.63. The van der Waals surface area contributed by atoms with Gasteiger partial charge < -0.3 is 0 Å². The van der Waals surface area contributed by atoms with Gasteiger partial charge in [-0.25, -0.2) is 0 Å². The van der Waals surface area contributed by atoms with E-state index in [4.69, 9.17) is 0 Å². The van der Waals surface area contributed by atoms with E-state index in [-0.39, 0.29) is 0 Å². The zero-order valence-corrected chi connectivity index (χ0v) is 13.5. The van der Waals surface area contributed by atoms with Gasteiger partial charge in [-0.15, -0.1) is 0 Å². The van der Waals surface area contributed by atoms with Crippen molar-refractivity contribution in [1.82, 2.24) is 0 Å². The average Bonchev–Trinajstić information content (AvgIpc) is 2.56. The molecular weight excluding hydrogens is 252 g/mol. The van der Waals surface area contributed by atoms with Gasteiger partial charge in [0.15, 0.2) is 0 Å². The van der Waals surface area contributed by atoms with Gasteiger partial charge in [0.25, 0.3) is 0 Å². The van der Waals surface area contributed by atoms with Crippen molar-refractivity contribution < 1.29 is 0 Å². The predicted octanol–water partition coefficient (Wildman–Crippen LogP) is 6.23. The molecule has 0 amide bonds. The fourth-order valence-electron chi connectivity index (χ4n) is 3.29. The lowest BCUT2D eigenvalue weighted by Crippen LogP contribution is -2.15. The van der Waals surface area contributed by atoms with E-state index >= 15 is 0 Å². The first kappa shape index (κ1) is 15.8. The molecule has 0 radical (unpaired) electrons. The van der Waals surface area contributed by atoms with Crippen LogP contribution in [-0.4, -0.2) is 0 Å². The summed E-state index contributed by atoms with van der Waals surface area (Å²) in [6, 6.07) is 22.1. The first-order valence-electron chi connectivity index (χ1n) is 8.44.